The SMILES string of the molecule is CC[C@@H](CCCCNC(=O)COCCOCCNC(C)=O)C(=O)CO. The van der Waals surface area contributed by atoms with Gasteiger partial charge in [-0.2, -0.15) is 0 Å². The molecule has 2 amide bonds. The average Bonchev–Trinajstić information content (AvgIpc) is 2.59. The van der Waals surface area contributed by atoms with E-state index in [1.165, 1.54) is 6.92 Å². The first-order valence-corrected chi connectivity index (χ1v) is 8.81. The molecule has 3 N–H and O–H groups in total. The molecule has 0 rings (SSSR count). The molecule has 0 fully saturated rings. The van der Waals surface area contributed by atoms with Crippen LogP contribution >= 0.6 is 0 Å². The number of unbranched alkanes of at least 4 members (excludes halogenated alkanes) is 1. The Balaban J connectivity index is 3.44. The van der Waals surface area contributed by atoms with Crippen LogP contribution < -0.4 is 10.6 Å². The van der Waals surface area contributed by atoms with Crippen LogP contribution in [0, 0.1) is 5.92 Å². The summed E-state index contributed by atoms with van der Waals surface area (Å²) < 4.78 is 10.4. The summed E-state index contributed by atoms with van der Waals surface area (Å²) in [5.41, 5.74) is 0. The molecule has 0 aromatic carbocycles. The van der Waals surface area contributed by atoms with Gasteiger partial charge in [-0.1, -0.05) is 13.3 Å². The summed E-state index contributed by atoms with van der Waals surface area (Å²) in [5, 5.41) is 14.2. The van der Waals surface area contributed by atoms with Crippen molar-refractivity contribution in [3.8, 4) is 0 Å². The fraction of sp³-hybridized carbons (Fsp3) is 0.824. The Hall–Kier alpha value is -1.51. The topological polar surface area (TPSA) is 114 Å². The van der Waals surface area contributed by atoms with Crippen molar-refractivity contribution in [3.05, 3.63) is 0 Å². The maximum Gasteiger partial charge on any atom is 0.245 e. The first-order valence-electron chi connectivity index (χ1n) is 8.81. The van der Waals surface area contributed by atoms with E-state index in [4.69, 9.17) is 14.6 Å². The quantitative estimate of drug-likeness (QED) is 0.335. The molecule has 0 aliphatic rings. The molecule has 0 unspecified atom stereocenters. The lowest BCUT2D eigenvalue weighted by molar-refractivity contribution is -0.127. The first kappa shape index (κ1) is 23.5. The standard InChI is InChI=1S/C17H32N2O6/c1-3-15(16(22)12-20)6-4-5-7-19-17(23)13-25-11-10-24-9-8-18-14(2)21/h15,20H,3-13H2,1-2H3,(H,18,21)(H,19,23)/t15-/m0/s1. The minimum Gasteiger partial charge on any atom is -0.389 e. The van der Waals surface area contributed by atoms with Crippen molar-refractivity contribution in [3.63, 3.8) is 0 Å². The van der Waals surface area contributed by atoms with E-state index in [0.717, 1.165) is 25.7 Å². The van der Waals surface area contributed by atoms with E-state index >= 15 is 0 Å². The number of amides is 2. The molecular formula is C17H32N2O6. The summed E-state index contributed by atoms with van der Waals surface area (Å²) in [6, 6.07) is 0. The molecule has 0 bridgehead atoms. The van der Waals surface area contributed by atoms with Crippen LogP contribution in [0.1, 0.15) is 39.5 Å². The predicted octanol–water partition coefficient (Wildman–Crippen LogP) is 0.0298. The summed E-state index contributed by atoms with van der Waals surface area (Å²) in [7, 11) is 0. The monoisotopic (exact) mass is 360 g/mol. The van der Waals surface area contributed by atoms with Gasteiger partial charge < -0.3 is 25.2 Å². The molecule has 0 heterocycles. The first-order chi connectivity index (χ1) is 12.0. The minimum absolute atomic E-state index is 0.0182. The van der Waals surface area contributed by atoms with Gasteiger partial charge in [-0.25, -0.2) is 0 Å². The maximum absolute atomic E-state index is 11.5. The number of nitrogens with one attached hydrogen (secondary N) is 2. The number of carbonyl (C=O) groups is 3. The third kappa shape index (κ3) is 14.5. The molecule has 146 valence electrons. The summed E-state index contributed by atoms with van der Waals surface area (Å²) in [4.78, 5) is 33.6. The highest BCUT2D eigenvalue weighted by Gasteiger charge is 2.14. The van der Waals surface area contributed by atoms with Gasteiger partial charge in [-0.15, -0.1) is 0 Å². The highest BCUT2D eigenvalue weighted by molar-refractivity contribution is 5.81. The smallest absolute Gasteiger partial charge is 0.245 e. The fourth-order valence-corrected chi connectivity index (χ4v) is 2.20. The number of hydrogen-bond donors (Lipinski definition) is 3. The second-order valence-electron chi connectivity index (χ2n) is 5.72. The zero-order valence-corrected chi connectivity index (χ0v) is 15.3. The van der Waals surface area contributed by atoms with E-state index in [-0.39, 0.29) is 30.1 Å². The highest BCUT2D eigenvalue weighted by atomic mass is 16.5. The molecular weight excluding hydrogens is 328 g/mol. The molecule has 0 aliphatic carbocycles. The van der Waals surface area contributed by atoms with Gasteiger partial charge in [0.05, 0.1) is 19.8 Å². The highest BCUT2D eigenvalue weighted by Crippen LogP contribution is 2.13. The molecule has 0 saturated carbocycles. The zero-order valence-electron chi connectivity index (χ0n) is 15.3. The molecule has 8 heteroatoms. The maximum atomic E-state index is 11.5. The molecule has 0 aromatic rings. The molecule has 25 heavy (non-hydrogen) atoms. The van der Waals surface area contributed by atoms with E-state index in [2.05, 4.69) is 10.6 Å². The number of ketones is 1. The van der Waals surface area contributed by atoms with Crippen molar-refractivity contribution in [1.82, 2.24) is 10.6 Å². The number of rotatable bonds is 16. The van der Waals surface area contributed by atoms with Crippen LogP contribution in [0.5, 0.6) is 0 Å². The zero-order chi connectivity index (χ0) is 18.9. The Kier molecular flexibility index (Phi) is 15.0. The van der Waals surface area contributed by atoms with Crippen LogP contribution in [-0.4, -0.2) is 68.8 Å². The van der Waals surface area contributed by atoms with Crippen molar-refractivity contribution in [2.24, 2.45) is 5.92 Å². The van der Waals surface area contributed by atoms with Gasteiger partial charge in [-0.3, -0.25) is 14.4 Å². The number of aliphatic hydroxyl groups excluding tert-OH is 1. The lowest BCUT2D eigenvalue weighted by Gasteiger charge is -2.12. The normalized spacial score (nSPS) is 11.8. The second-order valence-corrected chi connectivity index (χ2v) is 5.72. The number of carbonyl (C=O) groups excluding carboxylic acids is 3. The Labute approximate surface area is 149 Å². The van der Waals surface area contributed by atoms with E-state index in [9.17, 15) is 14.4 Å². The van der Waals surface area contributed by atoms with E-state index in [1.807, 2.05) is 6.92 Å². The number of ether oxygens (including phenoxy) is 2. The molecule has 0 spiro atoms. The van der Waals surface area contributed by atoms with Crippen LogP contribution in [-0.2, 0) is 23.9 Å². The molecule has 0 saturated heterocycles. The average molecular weight is 360 g/mol. The summed E-state index contributed by atoms with van der Waals surface area (Å²) in [6.45, 7) is 5.04. The molecule has 0 aliphatic heterocycles. The van der Waals surface area contributed by atoms with Crippen molar-refractivity contribution in [2.75, 3.05) is 46.1 Å². The Morgan fingerprint density at radius 3 is 2.36 bits per heavy atom. The van der Waals surface area contributed by atoms with E-state index in [0.29, 0.717) is 32.9 Å². The summed E-state index contributed by atoms with van der Waals surface area (Å²) in [5.74, 6) is -0.479. The van der Waals surface area contributed by atoms with Gasteiger partial charge in [0.25, 0.3) is 0 Å². The number of Topliss-reactive ketones (excluding diaryl/α,β-unsaturated/α-hetero) is 1. The molecule has 1 atom stereocenters. The van der Waals surface area contributed by atoms with Crippen LogP contribution in [0.15, 0.2) is 0 Å². The third-order valence-corrected chi connectivity index (χ3v) is 3.63. The van der Waals surface area contributed by atoms with Gasteiger partial charge in [-0.05, 0) is 19.3 Å². The number of hydrogen-bond acceptors (Lipinski definition) is 6. The van der Waals surface area contributed by atoms with Crippen LogP contribution in [0.25, 0.3) is 0 Å². The predicted molar refractivity (Wildman–Crippen MR) is 93.1 cm³/mol. The van der Waals surface area contributed by atoms with Gasteiger partial charge in [0.1, 0.15) is 13.2 Å². The van der Waals surface area contributed by atoms with Crippen molar-refractivity contribution >= 4 is 17.6 Å². The van der Waals surface area contributed by atoms with Gasteiger partial charge >= 0.3 is 0 Å². The molecule has 8 nitrogen and oxygen atoms in total. The fourth-order valence-electron chi connectivity index (χ4n) is 2.20. The Bertz CT molecular complexity index is 389. The van der Waals surface area contributed by atoms with Crippen LogP contribution in [0.2, 0.25) is 0 Å². The van der Waals surface area contributed by atoms with Gasteiger partial charge in [0, 0.05) is 25.9 Å². The lowest BCUT2D eigenvalue weighted by atomic mass is 9.95. The summed E-state index contributed by atoms with van der Waals surface area (Å²) >= 11 is 0. The summed E-state index contributed by atoms with van der Waals surface area (Å²) in [6.07, 6.45) is 3.07. The second kappa shape index (κ2) is 16.0. The minimum atomic E-state index is -0.399. The van der Waals surface area contributed by atoms with Crippen molar-refractivity contribution < 1.29 is 29.0 Å². The third-order valence-electron chi connectivity index (χ3n) is 3.63. The Morgan fingerprint density at radius 1 is 1.00 bits per heavy atom. The Morgan fingerprint density at radius 2 is 1.72 bits per heavy atom. The van der Waals surface area contributed by atoms with E-state index in [1.54, 1.807) is 0 Å². The largest absolute Gasteiger partial charge is 0.389 e. The van der Waals surface area contributed by atoms with E-state index < -0.39 is 6.61 Å². The molecule has 0 radical (unpaired) electrons. The number of aliphatic hydroxyl groups is 1. The van der Waals surface area contributed by atoms with Gasteiger partial charge in [0.2, 0.25) is 11.8 Å². The lowest BCUT2D eigenvalue weighted by Crippen LogP contribution is -2.29. The van der Waals surface area contributed by atoms with Crippen LogP contribution in [0.4, 0.5) is 0 Å². The van der Waals surface area contributed by atoms with Gasteiger partial charge in [0.15, 0.2) is 5.78 Å². The van der Waals surface area contributed by atoms with Crippen LogP contribution in [0.3, 0.4) is 0 Å². The van der Waals surface area contributed by atoms with Crippen molar-refractivity contribution in [1.29, 1.82) is 0 Å². The molecule has 0 aromatic heterocycles. The van der Waals surface area contributed by atoms with Crippen molar-refractivity contribution in [2.45, 2.75) is 39.5 Å².